The van der Waals surface area contributed by atoms with Crippen molar-refractivity contribution in [1.82, 2.24) is 20.2 Å². The van der Waals surface area contributed by atoms with Crippen LogP contribution in [0.3, 0.4) is 0 Å². The number of hydrogen-bond acceptors (Lipinski definition) is 9. The van der Waals surface area contributed by atoms with E-state index in [0.717, 1.165) is 11.3 Å². The fraction of sp³-hybridized carbons (Fsp3) is 0.231. The molecule has 0 aliphatic carbocycles. The third-order valence-electron chi connectivity index (χ3n) is 5.50. The van der Waals surface area contributed by atoms with Crippen LogP contribution in [0.4, 0.5) is 30.2 Å². The maximum atomic E-state index is 14.8. The predicted octanol–water partition coefficient (Wildman–Crippen LogP) is 5.13. The van der Waals surface area contributed by atoms with Crippen LogP contribution in [-0.4, -0.2) is 60.6 Å². The van der Waals surface area contributed by atoms with Gasteiger partial charge >= 0.3 is 6.03 Å². The fourth-order valence-corrected chi connectivity index (χ4v) is 5.59. The first-order chi connectivity index (χ1) is 19.0. The van der Waals surface area contributed by atoms with Gasteiger partial charge in [-0.05, 0) is 45.3 Å². The van der Waals surface area contributed by atoms with Crippen molar-refractivity contribution in [2.75, 3.05) is 44.1 Å². The monoisotopic (exact) mass is 587 g/mol. The highest BCUT2D eigenvalue weighted by Crippen LogP contribution is 2.39. The van der Waals surface area contributed by atoms with E-state index in [1.165, 1.54) is 30.6 Å². The number of aromatic nitrogens is 2. The molecule has 40 heavy (non-hydrogen) atoms. The Bertz CT molecular complexity index is 1540. The van der Waals surface area contributed by atoms with E-state index in [0.29, 0.717) is 28.2 Å². The molecule has 2 aromatic carbocycles. The number of carbonyl (C=O) groups excluding carboxylic acids is 2. The molecule has 0 aliphatic heterocycles. The number of nitrogen functional groups attached to an aromatic ring is 1. The maximum Gasteiger partial charge on any atom is 0.321 e. The molecule has 10 nitrogen and oxygen atoms in total. The number of hydrogen-bond donors (Lipinski definition) is 4. The van der Waals surface area contributed by atoms with Crippen LogP contribution in [0.2, 0.25) is 0 Å². The highest BCUT2D eigenvalue weighted by molar-refractivity contribution is 7.23. The van der Waals surface area contributed by atoms with Gasteiger partial charge in [0, 0.05) is 35.2 Å². The number of rotatable bonds is 9. The third kappa shape index (κ3) is 6.89. The van der Waals surface area contributed by atoms with Crippen LogP contribution in [0, 0.1) is 11.6 Å². The summed E-state index contributed by atoms with van der Waals surface area (Å²) in [6.07, 6.45) is 0. The zero-order valence-corrected chi connectivity index (χ0v) is 23.7. The Balaban J connectivity index is 1.52. The summed E-state index contributed by atoms with van der Waals surface area (Å²) in [6, 6.07) is 7.70. The average Bonchev–Trinajstić information content (AvgIpc) is 3.51. The largest absolute Gasteiger partial charge is 0.497 e. The first-order valence-electron chi connectivity index (χ1n) is 11.9. The van der Waals surface area contributed by atoms with E-state index in [2.05, 4.69) is 25.9 Å². The Hall–Kier alpha value is -4.14. The number of nitrogens with zero attached hydrogens (tertiary/aromatic N) is 3. The molecular weight excluding hydrogens is 560 g/mol. The van der Waals surface area contributed by atoms with Crippen molar-refractivity contribution in [1.29, 1.82) is 0 Å². The van der Waals surface area contributed by atoms with Crippen molar-refractivity contribution in [2.24, 2.45) is 0 Å². The normalized spacial score (nSPS) is 11.8. The highest BCUT2D eigenvalue weighted by atomic mass is 32.1. The van der Waals surface area contributed by atoms with Gasteiger partial charge in [0.1, 0.15) is 33.1 Å². The van der Waals surface area contributed by atoms with Crippen molar-refractivity contribution in [3.8, 4) is 26.9 Å². The van der Waals surface area contributed by atoms with Crippen LogP contribution in [0.15, 0.2) is 41.8 Å². The number of anilines is 3. The lowest BCUT2D eigenvalue weighted by atomic mass is 10.1. The van der Waals surface area contributed by atoms with E-state index < -0.39 is 23.6 Å². The molecule has 2 heterocycles. The lowest BCUT2D eigenvalue weighted by Gasteiger charge is -2.17. The maximum absolute atomic E-state index is 14.8. The van der Waals surface area contributed by atoms with Gasteiger partial charge in [0.15, 0.2) is 5.13 Å². The van der Waals surface area contributed by atoms with Gasteiger partial charge in [-0.15, -0.1) is 11.3 Å². The summed E-state index contributed by atoms with van der Waals surface area (Å²) in [4.78, 5) is 36.1. The minimum Gasteiger partial charge on any atom is -0.497 e. The number of ether oxygens (including phenoxy) is 1. The molecule has 0 saturated carbocycles. The zero-order chi connectivity index (χ0) is 29.0. The standard InChI is InChI=1S/C26H27F2N7O3S2/c1-13(11-35(2)3)30-25(37)34-26-33-22(29)21(40-26)24-32-20(12-39-24)16-9-19(18(28)10-17(16)27)31-23(36)14-6-5-7-15(8-14)38-4/h5-10,12-13H,11,29H2,1-4H3,(H,31,36)(H2,30,33,34,37). The first kappa shape index (κ1) is 28.9. The molecule has 0 spiro atoms. The summed E-state index contributed by atoms with van der Waals surface area (Å²) in [6.45, 7) is 2.54. The van der Waals surface area contributed by atoms with E-state index in [1.54, 1.807) is 23.6 Å². The average molecular weight is 588 g/mol. The van der Waals surface area contributed by atoms with E-state index in [4.69, 9.17) is 10.5 Å². The molecule has 210 valence electrons. The van der Waals surface area contributed by atoms with Crippen molar-refractivity contribution < 1.29 is 23.1 Å². The lowest BCUT2D eigenvalue weighted by Crippen LogP contribution is -2.41. The van der Waals surface area contributed by atoms with Gasteiger partial charge in [-0.25, -0.2) is 23.5 Å². The number of methoxy groups -OCH3 is 1. The Morgan fingerprint density at radius 1 is 1.12 bits per heavy atom. The molecule has 4 rings (SSSR count). The molecular formula is C26H27F2N7O3S2. The molecule has 0 saturated heterocycles. The van der Waals surface area contributed by atoms with Gasteiger partial charge in [0.25, 0.3) is 5.91 Å². The second-order valence-electron chi connectivity index (χ2n) is 9.03. The molecule has 0 bridgehead atoms. The Kier molecular flexibility index (Phi) is 8.92. The number of amides is 3. The number of likely N-dealkylation sites (N-methyl/N-ethyl adjacent to an activating group) is 1. The second kappa shape index (κ2) is 12.4. The number of nitrogens with two attached hydrogens (primary N) is 1. The van der Waals surface area contributed by atoms with E-state index in [1.807, 2.05) is 25.9 Å². The molecule has 2 aromatic heterocycles. The van der Waals surface area contributed by atoms with Crippen LogP contribution in [0.1, 0.15) is 17.3 Å². The van der Waals surface area contributed by atoms with E-state index >= 15 is 0 Å². The van der Waals surface area contributed by atoms with Gasteiger partial charge in [-0.2, -0.15) is 0 Å². The van der Waals surface area contributed by atoms with Crippen LogP contribution < -0.4 is 26.4 Å². The molecule has 5 N–H and O–H groups in total. The van der Waals surface area contributed by atoms with Gasteiger partial charge in [0.2, 0.25) is 0 Å². The topological polar surface area (TPSA) is 134 Å². The number of urea groups is 1. The summed E-state index contributed by atoms with van der Waals surface area (Å²) in [5, 5.41) is 10.2. The number of carbonyl (C=O) groups is 2. The Labute approximate surface area is 237 Å². The number of halogens is 2. The minimum absolute atomic E-state index is 0.0134. The zero-order valence-electron chi connectivity index (χ0n) is 22.0. The van der Waals surface area contributed by atoms with Gasteiger partial charge in [-0.1, -0.05) is 17.4 Å². The summed E-state index contributed by atoms with van der Waals surface area (Å²) in [5.74, 6) is -1.77. The molecule has 0 aliphatic rings. The van der Waals surface area contributed by atoms with Gasteiger partial charge in [0.05, 0.1) is 18.5 Å². The van der Waals surface area contributed by atoms with Crippen LogP contribution in [-0.2, 0) is 0 Å². The summed E-state index contributed by atoms with van der Waals surface area (Å²) < 4.78 is 34.5. The predicted molar refractivity (Wildman–Crippen MR) is 154 cm³/mol. The Morgan fingerprint density at radius 3 is 2.62 bits per heavy atom. The van der Waals surface area contributed by atoms with Crippen LogP contribution in [0.5, 0.6) is 5.75 Å². The molecule has 0 radical (unpaired) electrons. The SMILES string of the molecule is COc1cccc(C(=O)Nc2cc(-c3csc(-c4sc(NC(=O)NC(C)CN(C)C)nc4N)n3)c(F)cc2F)c1. The van der Waals surface area contributed by atoms with Gasteiger partial charge in [-0.3, -0.25) is 10.1 Å². The van der Waals surface area contributed by atoms with Crippen LogP contribution >= 0.6 is 22.7 Å². The van der Waals surface area contributed by atoms with Gasteiger partial charge < -0.3 is 26.0 Å². The molecule has 4 aromatic rings. The van der Waals surface area contributed by atoms with Crippen molar-refractivity contribution >= 4 is 51.2 Å². The fourth-order valence-electron chi connectivity index (χ4n) is 3.79. The summed E-state index contributed by atoms with van der Waals surface area (Å²) in [7, 11) is 5.28. The smallest absolute Gasteiger partial charge is 0.321 e. The Morgan fingerprint density at radius 2 is 1.90 bits per heavy atom. The molecule has 1 unspecified atom stereocenters. The third-order valence-corrected chi connectivity index (χ3v) is 7.48. The van der Waals surface area contributed by atoms with Crippen molar-refractivity contribution in [3.05, 3.63) is 59.0 Å². The quantitative estimate of drug-likeness (QED) is 0.213. The van der Waals surface area contributed by atoms with Crippen LogP contribution in [0.25, 0.3) is 21.1 Å². The molecule has 0 fully saturated rings. The highest BCUT2D eigenvalue weighted by Gasteiger charge is 2.20. The molecule has 1 atom stereocenters. The minimum atomic E-state index is -0.937. The van der Waals surface area contributed by atoms with E-state index in [-0.39, 0.29) is 39.5 Å². The number of thiazole rings is 2. The summed E-state index contributed by atoms with van der Waals surface area (Å²) in [5.41, 5.74) is 6.31. The van der Waals surface area contributed by atoms with Crippen molar-refractivity contribution in [2.45, 2.75) is 13.0 Å². The molecule has 14 heteroatoms. The summed E-state index contributed by atoms with van der Waals surface area (Å²) >= 11 is 2.30. The first-order valence-corrected chi connectivity index (χ1v) is 13.6. The van der Waals surface area contributed by atoms with Crippen molar-refractivity contribution in [3.63, 3.8) is 0 Å². The van der Waals surface area contributed by atoms with E-state index in [9.17, 15) is 18.4 Å². The second-order valence-corrected chi connectivity index (χ2v) is 10.9. The number of benzene rings is 2. The molecule has 3 amide bonds. The lowest BCUT2D eigenvalue weighted by molar-refractivity contribution is 0.102. The number of nitrogens with one attached hydrogen (secondary N) is 3.